The monoisotopic (exact) mass is 263 g/mol. The minimum absolute atomic E-state index is 0. The van der Waals surface area contributed by atoms with Crippen LogP contribution in [0.15, 0.2) is 0 Å². The van der Waals surface area contributed by atoms with E-state index in [-0.39, 0.29) is 59.1 Å². The molecule has 0 heterocycles. The quantitative estimate of drug-likeness (QED) is 0.392. The molecule has 0 bridgehead atoms. The summed E-state index contributed by atoms with van der Waals surface area (Å²) in [4.78, 5) is 0. The zero-order valence-corrected chi connectivity index (χ0v) is 13.5. The van der Waals surface area contributed by atoms with Gasteiger partial charge in [0.05, 0.1) is 31.2 Å². The Morgan fingerprint density at radius 3 is 1.50 bits per heavy atom. The fourth-order valence-electron chi connectivity index (χ4n) is 0.497. The van der Waals surface area contributed by atoms with Gasteiger partial charge >= 0.3 is 59.1 Å². The van der Waals surface area contributed by atoms with Gasteiger partial charge in [-0.3, -0.25) is 0 Å². The van der Waals surface area contributed by atoms with Gasteiger partial charge in [-0.25, -0.2) is 16.8 Å². The number of hydrogen-bond donors (Lipinski definition) is 1. The summed E-state index contributed by atoms with van der Waals surface area (Å²) < 4.78 is 60.7. The Bertz CT molecular complexity index is 336. The molecule has 0 saturated carbocycles. The molecule has 0 aromatic carbocycles. The van der Waals surface area contributed by atoms with E-state index in [0.29, 0.717) is 0 Å². The Balaban J connectivity index is -0.000000605. The fraction of sp³-hybridized carbons (Fsp3) is 1.00. The minimum atomic E-state index is -4.80. The molecule has 0 radical (unpaired) electrons. The molecule has 0 fully saturated rings. The summed E-state index contributed by atoms with van der Waals surface area (Å²) in [6.07, 6.45) is 0. The Hall–Kier alpha value is 1.78. The standard InChI is InChI=1S/C3H9NO6S2.2Na/c4-1-3(12(8,9)10)2-11(5,6)7;;/h3H,1-2,4H2,(H,5,6,7)(H,8,9,10);;/q;2*+1/p-2. The molecular weight excluding hydrogens is 256 g/mol. The number of rotatable bonds is 4. The van der Waals surface area contributed by atoms with E-state index >= 15 is 0 Å². The zero-order valence-electron chi connectivity index (χ0n) is 7.83. The molecule has 0 rings (SSSR count). The van der Waals surface area contributed by atoms with E-state index in [4.69, 9.17) is 5.73 Å². The van der Waals surface area contributed by atoms with E-state index in [1.165, 1.54) is 0 Å². The van der Waals surface area contributed by atoms with Crippen LogP contribution in [0.3, 0.4) is 0 Å². The Morgan fingerprint density at radius 1 is 1.07 bits per heavy atom. The van der Waals surface area contributed by atoms with Gasteiger partial charge < -0.3 is 14.8 Å². The molecule has 1 atom stereocenters. The van der Waals surface area contributed by atoms with E-state index in [1.54, 1.807) is 0 Å². The van der Waals surface area contributed by atoms with E-state index in [2.05, 4.69) is 0 Å². The molecule has 0 aromatic rings. The average molecular weight is 263 g/mol. The molecule has 0 saturated heterocycles. The van der Waals surface area contributed by atoms with Gasteiger partial charge in [0.1, 0.15) is 0 Å². The van der Waals surface area contributed by atoms with Gasteiger partial charge in [-0.1, -0.05) is 0 Å². The first-order chi connectivity index (χ1) is 5.17. The van der Waals surface area contributed by atoms with Crippen molar-refractivity contribution >= 4 is 20.2 Å². The summed E-state index contributed by atoms with van der Waals surface area (Å²) in [7, 11) is -9.53. The third kappa shape index (κ3) is 10.3. The van der Waals surface area contributed by atoms with Crippen LogP contribution in [0, 0.1) is 0 Å². The van der Waals surface area contributed by atoms with E-state index in [1.807, 2.05) is 0 Å². The molecule has 0 spiro atoms. The second-order valence-electron chi connectivity index (χ2n) is 2.07. The molecule has 11 heteroatoms. The summed E-state index contributed by atoms with van der Waals surface area (Å²) in [5.74, 6) is -1.27. The third-order valence-electron chi connectivity index (χ3n) is 1.06. The van der Waals surface area contributed by atoms with Crippen molar-refractivity contribution in [2.75, 3.05) is 12.3 Å². The largest absolute Gasteiger partial charge is 1.00 e. The van der Waals surface area contributed by atoms with Crippen LogP contribution in [-0.4, -0.2) is 43.5 Å². The smallest absolute Gasteiger partial charge is 0.748 e. The van der Waals surface area contributed by atoms with E-state index in [9.17, 15) is 25.9 Å². The summed E-state index contributed by atoms with van der Waals surface area (Å²) >= 11 is 0. The fourth-order valence-corrected chi connectivity index (χ4v) is 2.49. The average Bonchev–Trinajstić information content (AvgIpc) is 1.78. The van der Waals surface area contributed by atoms with Crippen LogP contribution < -0.4 is 64.8 Å². The van der Waals surface area contributed by atoms with Gasteiger partial charge in [0.25, 0.3) is 0 Å². The maximum absolute atomic E-state index is 10.2. The van der Waals surface area contributed by atoms with E-state index < -0.39 is 37.8 Å². The third-order valence-corrected chi connectivity index (χ3v) is 3.26. The predicted octanol–water partition coefficient (Wildman–Crippen LogP) is -8.59. The van der Waals surface area contributed by atoms with Gasteiger partial charge in [-0.2, -0.15) is 0 Å². The first-order valence-corrected chi connectivity index (χ1v) is 5.80. The van der Waals surface area contributed by atoms with Crippen molar-refractivity contribution in [3.63, 3.8) is 0 Å². The van der Waals surface area contributed by atoms with Gasteiger partial charge in [-0.15, -0.1) is 0 Å². The van der Waals surface area contributed by atoms with Crippen molar-refractivity contribution in [3.8, 4) is 0 Å². The Labute approximate surface area is 127 Å². The van der Waals surface area contributed by atoms with Crippen LogP contribution >= 0.6 is 0 Å². The summed E-state index contributed by atoms with van der Waals surface area (Å²) in [5, 5.41) is -1.85. The van der Waals surface area contributed by atoms with Crippen LogP contribution in [0.25, 0.3) is 0 Å². The van der Waals surface area contributed by atoms with Gasteiger partial charge in [0.2, 0.25) is 0 Å². The maximum atomic E-state index is 10.2. The SMILES string of the molecule is NCC(CS(=O)(=O)[O-])S(=O)(=O)[O-].[Na+].[Na+]. The summed E-state index contributed by atoms with van der Waals surface area (Å²) in [5.41, 5.74) is 4.78. The second kappa shape index (κ2) is 7.96. The van der Waals surface area contributed by atoms with Crippen molar-refractivity contribution in [2.24, 2.45) is 5.73 Å². The summed E-state index contributed by atoms with van der Waals surface area (Å²) in [6.45, 7) is -0.673. The number of nitrogens with two attached hydrogens (primary N) is 1. The van der Waals surface area contributed by atoms with Crippen molar-refractivity contribution in [1.82, 2.24) is 0 Å². The van der Waals surface area contributed by atoms with Crippen LogP contribution in [-0.2, 0) is 20.2 Å². The molecule has 2 N–H and O–H groups in total. The van der Waals surface area contributed by atoms with Gasteiger partial charge in [-0.05, 0) is 0 Å². The molecule has 0 aliphatic rings. The normalized spacial score (nSPS) is 13.6. The maximum Gasteiger partial charge on any atom is 1.00 e. The van der Waals surface area contributed by atoms with Crippen molar-refractivity contribution in [1.29, 1.82) is 0 Å². The van der Waals surface area contributed by atoms with Gasteiger partial charge in [0.15, 0.2) is 0 Å². The molecule has 0 aliphatic carbocycles. The molecule has 1 unspecified atom stereocenters. The van der Waals surface area contributed by atoms with Crippen LogP contribution in [0.5, 0.6) is 0 Å². The topological polar surface area (TPSA) is 140 Å². The van der Waals surface area contributed by atoms with Gasteiger partial charge in [0, 0.05) is 6.54 Å². The molecular formula is C3H7NNa2O6S2. The molecule has 74 valence electrons. The van der Waals surface area contributed by atoms with Crippen LogP contribution in [0.2, 0.25) is 0 Å². The van der Waals surface area contributed by atoms with Crippen molar-refractivity contribution < 1.29 is 85.1 Å². The molecule has 0 aliphatic heterocycles. The predicted molar refractivity (Wildman–Crippen MR) is 37.1 cm³/mol. The molecule has 0 aromatic heterocycles. The Morgan fingerprint density at radius 2 is 1.43 bits per heavy atom. The molecule has 0 amide bonds. The first kappa shape index (κ1) is 21.1. The van der Waals surface area contributed by atoms with Crippen LogP contribution in [0.1, 0.15) is 0 Å². The molecule has 7 nitrogen and oxygen atoms in total. The van der Waals surface area contributed by atoms with Crippen molar-refractivity contribution in [3.05, 3.63) is 0 Å². The number of hydrogen-bond acceptors (Lipinski definition) is 7. The minimum Gasteiger partial charge on any atom is -0.748 e. The first-order valence-electron chi connectivity index (χ1n) is 2.75. The Kier molecular flexibility index (Phi) is 12.0. The molecule has 14 heavy (non-hydrogen) atoms. The summed E-state index contributed by atoms with van der Waals surface area (Å²) in [6, 6.07) is 0. The van der Waals surface area contributed by atoms with Crippen LogP contribution in [0.4, 0.5) is 0 Å². The van der Waals surface area contributed by atoms with Crippen molar-refractivity contribution in [2.45, 2.75) is 5.25 Å². The second-order valence-corrected chi connectivity index (χ2v) is 5.18. The van der Waals surface area contributed by atoms with E-state index in [0.717, 1.165) is 0 Å². The zero-order chi connectivity index (χ0) is 9.99.